The maximum Gasteiger partial charge on any atom is 0.268 e. The molecule has 3 rings (SSSR count). The van der Waals surface area contributed by atoms with E-state index in [0.717, 1.165) is 10.0 Å². The number of hydrogen-bond acceptors (Lipinski definition) is 3. The highest BCUT2D eigenvalue weighted by Gasteiger charge is 2.34. The van der Waals surface area contributed by atoms with Crippen molar-refractivity contribution in [1.29, 1.82) is 0 Å². The van der Waals surface area contributed by atoms with Gasteiger partial charge in [-0.1, -0.05) is 42.5 Å². The fourth-order valence-electron chi connectivity index (χ4n) is 2.92. The predicted molar refractivity (Wildman–Crippen MR) is 101 cm³/mol. The van der Waals surface area contributed by atoms with Gasteiger partial charge < -0.3 is 14.4 Å². The highest BCUT2D eigenvalue weighted by Crippen LogP contribution is 2.31. The first-order chi connectivity index (χ1) is 12.1. The summed E-state index contributed by atoms with van der Waals surface area (Å²) in [4.78, 5) is 15.2. The first kappa shape index (κ1) is 18.0. The molecular formula is C20H22BrNO3. The van der Waals surface area contributed by atoms with E-state index in [-0.39, 0.29) is 18.1 Å². The Morgan fingerprint density at radius 3 is 2.56 bits per heavy atom. The van der Waals surface area contributed by atoms with Crippen LogP contribution in [0.4, 0.5) is 0 Å². The lowest BCUT2D eigenvalue weighted by Crippen LogP contribution is -2.52. The zero-order valence-electron chi connectivity index (χ0n) is 14.4. The second-order valence-corrected chi connectivity index (χ2v) is 7.18. The molecule has 1 aliphatic heterocycles. The number of carbonyl (C=O) groups is 1. The van der Waals surface area contributed by atoms with Crippen LogP contribution < -0.4 is 4.74 Å². The molecule has 5 heteroatoms. The SMILES string of the molecule is CC1CN(C(=O)C(Oc2ccccc2Br)c2ccccc2)C(C)CO1. The molecule has 0 radical (unpaired) electrons. The quantitative estimate of drug-likeness (QED) is 0.767. The lowest BCUT2D eigenvalue weighted by atomic mass is 10.1. The Labute approximate surface area is 156 Å². The van der Waals surface area contributed by atoms with Gasteiger partial charge in [-0.2, -0.15) is 0 Å². The van der Waals surface area contributed by atoms with E-state index in [0.29, 0.717) is 18.9 Å². The molecule has 25 heavy (non-hydrogen) atoms. The third-order valence-electron chi connectivity index (χ3n) is 4.30. The zero-order valence-corrected chi connectivity index (χ0v) is 16.0. The van der Waals surface area contributed by atoms with Gasteiger partial charge in [-0.15, -0.1) is 0 Å². The molecule has 1 aliphatic rings. The first-order valence-electron chi connectivity index (χ1n) is 8.44. The number of amides is 1. The summed E-state index contributed by atoms with van der Waals surface area (Å²) >= 11 is 3.49. The van der Waals surface area contributed by atoms with Gasteiger partial charge in [0, 0.05) is 12.1 Å². The average Bonchev–Trinajstić information content (AvgIpc) is 2.63. The Morgan fingerprint density at radius 2 is 1.84 bits per heavy atom. The first-order valence-corrected chi connectivity index (χ1v) is 9.23. The second-order valence-electron chi connectivity index (χ2n) is 6.32. The molecule has 0 spiro atoms. The molecular weight excluding hydrogens is 382 g/mol. The van der Waals surface area contributed by atoms with Crippen LogP contribution in [0.2, 0.25) is 0 Å². The van der Waals surface area contributed by atoms with Gasteiger partial charge in [-0.05, 0) is 41.9 Å². The number of rotatable bonds is 4. The van der Waals surface area contributed by atoms with Crippen LogP contribution in [0.3, 0.4) is 0 Å². The van der Waals surface area contributed by atoms with Crippen LogP contribution in [0.25, 0.3) is 0 Å². The van der Waals surface area contributed by atoms with Crippen molar-refractivity contribution in [2.45, 2.75) is 32.1 Å². The molecule has 1 heterocycles. The minimum absolute atomic E-state index is 0.0257. The molecule has 2 aromatic rings. The Kier molecular flexibility index (Phi) is 5.76. The molecule has 0 saturated carbocycles. The standard InChI is InChI=1S/C20H22BrNO3/c1-14-13-24-15(2)12-22(14)20(23)19(16-8-4-3-5-9-16)25-18-11-7-6-10-17(18)21/h3-11,14-15,19H,12-13H2,1-2H3. The number of nitrogens with zero attached hydrogens (tertiary/aromatic N) is 1. The van der Waals surface area contributed by atoms with Gasteiger partial charge in [-0.3, -0.25) is 4.79 Å². The van der Waals surface area contributed by atoms with E-state index in [1.165, 1.54) is 0 Å². The van der Waals surface area contributed by atoms with E-state index >= 15 is 0 Å². The number of morpholine rings is 1. The molecule has 0 N–H and O–H groups in total. The van der Waals surface area contributed by atoms with Crippen LogP contribution in [-0.2, 0) is 9.53 Å². The number of ether oxygens (including phenoxy) is 2. The Morgan fingerprint density at radius 1 is 1.16 bits per heavy atom. The van der Waals surface area contributed by atoms with E-state index in [9.17, 15) is 4.79 Å². The molecule has 0 aliphatic carbocycles. The van der Waals surface area contributed by atoms with Crippen LogP contribution in [-0.4, -0.2) is 36.1 Å². The molecule has 1 saturated heterocycles. The highest BCUT2D eigenvalue weighted by molar-refractivity contribution is 9.10. The molecule has 1 amide bonds. The van der Waals surface area contributed by atoms with Crippen molar-refractivity contribution in [1.82, 2.24) is 4.90 Å². The fourth-order valence-corrected chi connectivity index (χ4v) is 3.30. The minimum atomic E-state index is -0.687. The summed E-state index contributed by atoms with van der Waals surface area (Å²) < 4.78 is 12.6. The van der Waals surface area contributed by atoms with Crippen LogP contribution in [0.15, 0.2) is 59.1 Å². The minimum Gasteiger partial charge on any atom is -0.475 e. The normalized spacial score (nSPS) is 21.6. The topological polar surface area (TPSA) is 38.8 Å². The third kappa shape index (κ3) is 4.22. The van der Waals surface area contributed by atoms with Gasteiger partial charge in [-0.25, -0.2) is 0 Å². The van der Waals surface area contributed by atoms with E-state index in [1.807, 2.05) is 73.3 Å². The lowest BCUT2D eigenvalue weighted by molar-refractivity contribution is -0.151. The fraction of sp³-hybridized carbons (Fsp3) is 0.350. The van der Waals surface area contributed by atoms with E-state index in [2.05, 4.69) is 15.9 Å². The Balaban J connectivity index is 1.91. The molecule has 3 atom stereocenters. The Hall–Kier alpha value is -1.85. The van der Waals surface area contributed by atoms with Gasteiger partial charge in [0.1, 0.15) is 5.75 Å². The number of carbonyl (C=O) groups excluding carboxylic acids is 1. The summed E-state index contributed by atoms with van der Waals surface area (Å²) in [6.07, 6.45) is -0.660. The molecule has 132 valence electrons. The number of hydrogen-bond donors (Lipinski definition) is 0. The molecule has 1 fully saturated rings. The van der Waals surface area contributed by atoms with Crippen molar-refractivity contribution in [3.63, 3.8) is 0 Å². The molecule has 0 aromatic heterocycles. The largest absolute Gasteiger partial charge is 0.475 e. The smallest absolute Gasteiger partial charge is 0.268 e. The number of benzene rings is 2. The van der Waals surface area contributed by atoms with Gasteiger partial charge in [0.2, 0.25) is 6.10 Å². The summed E-state index contributed by atoms with van der Waals surface area (Å²) in [5.74, 6) is 0.614. The van der Waals surface area contributed by atoms with Gasteiger partial charge >= 0.3 is 0 Å². The molecule has 0 bridgehead atoms. The van der Waals surface area contributed by atoms with E-state index in [4.69, 9.17) is 9.47 Å². The van der Waals surface area contributed by atoms with Crippen LogP contribution in [0.5, 0.6) is 5.75 Å². The van der Waals surface area contributed by atoms with Gasteiger partial charge in [0.05, 0.1) is 23.2 Å². The third-order valence-corrected chi connectivity index (χ3v) is 4.95. The summed E-state index contributed by atoms with van der Waals surface area (Å²) in [5, 5.41) is 0. The van der Waals surface area contributed by atoms with Crippen molar-refractivity contribution in [3.8, 4) is 5.75 Å². The Bertz CT molecular complexity index is 722. The van der Waals surface area contributed by atoms with Gasteiger partial charge in [0.15, 0.2) is 0 Å². The summed E-state index contributed by atoms with van der Waals surface area (Å²) in [5.41, 5.74) is 0.842. The highest BCUT2D eigenvalue weighted by atomic mass is 79.9. The van der Waals surface area contributed by atoms with Crippen LogP contribution >= 0.6 is 15.9 Å². The van der Waals surface area contributed by atoms with Crippen LogP contribution in [0.1, 0.15) is 25.5 Å². The number of halogens is 1. The summed E-state index contributed by atoms with van der Waals surface area (Å²) in [6.45, 7) is 5.11. The molecule has 4 nitrogen and oxygen atoms in total. The monoisotopic (exact) mass is 403 g/mol. The molecule has 3 unspecified atom stereocenters. The maximum absolute atomic E-state index is 13.3. The number of para-hydroxylation sites is 1. The lowest BCUT2D eigenvalue weighted by Gasteiger charge is -2.38. The second kappa shape index (κ2) is 8.02. The van der Waals surface area contributed by atoms with Crippen molar-refractivity contribution >= 4 is 21.8 Å². The van der Waals surface area contributed by atoms with E-state index in [1.54, 1.807) is 0 Å². The van der Waals surface area contributed by atoms with Crippen molar-refractivity contribution in [2.24, 2.45) is 0 Å². The summed E-state index contributed by atoms with van der Waals surface area (Å²) in [7, 11) is 0. The van der Waals surface area contributed by atoms with E-state index < -0.39 is 6.10 Å². The van der Waals surface area contributed by atoms with Crippen molar-refractivity contribution < 1.29 is 14.3 Å². The van der Waals surface area contributed by atoms with Crippen molar-refractivity contribution in [2.75, 3.05) is 13.2 Å². The van der Waals surface area contributed by atoms with Crippen LogP contribution in [0, 0.1) is 0 Å². The summed E-state index contributed by atoms with van der Waals surface area (Å²) in [6, 6.07) is 17.2. The maximum atomic E-state index is 13.3. The average molecular weight is 404 g/mol. The predicted octanol–water partition coefficient (Wildman–Crippen LogP) is 4.21. The van der Waals surface area contributed by atoms with Gasteiger partial charge in [0.25, 0.3) is 5.91 Å². The molecule has 2 aromatic carbocycles. The van der Waals surface area contributed by atoms with Crippen molar-refractivity contribution in [3.05, 3.63) is 64.6 Å². The zero-order chi connectivity index (χ0) is 17.8.